The molecule has 8 aromatic heterocycles. The van der Waals surface area contributed by atoms with Gasteiger partial charge in [-0.2, -0.15) is 15.3 Å². The number of aryl methyl sites for hydroxylation is 1. The number of carbonyl (C=O) groups is 3. The summed E-state index contributed by atoms with van der Waals surface area (Å²) in [7, 11) is 3.14. The first-order chi connectivity index (χ1) is 52.6. The SMILES string of the molecule is C=CC(=O)N1CCC[C@@H](n2nc(-c3ccc(OCc4cccc(F)c4)c(OC)c3)c3c(N)ncnc32)C1.C=CC(=O)N1CCC[C@@H](n2nc(-c3ccc(OCc4ccccn4)c(C)c3)c3c(N)ncnc32)C1.C=CC(=O)N1CCC[C@@H](n2nc(-c3ccc(OCc4ccccn4)c(OC)c3)c3c(N)ncnc32)C1. The highest BCUT2D eigenvalue weighted by molar-refractivity contribution is 6.01. The second-order valence-corrected chi connectivity index (χ2v) is 26.0. The number of anilines is 3. The van der Waals surface area contributed by atoms with E-state index in [0.29, 0.717) is 149 Å². The number of hydrogen-bond donors (Lipinski definition) is 3. The Morgan fingerprint density at radius 2 is 0.852 bits per heavy atom. The van der Waals surface area contributed by atoms with Crippen LogP contribution in [0.15, 0.2) is 185 Å². The van der Waals surface area contributed by atoms with Crippen LogP contribution in [0.5, 0.6) is 28.7 Å². The molecule has 3 fully saturated rings. The molecule has 29 heteroatoms. The van der Waals surface area contributed by atoms with Crippen molar-refractivity contribution in [2.45, 2.75) is 83.4 Å². The van der Waals surface area contributed by atoms with E-state index in [-0.39, 0.29) is 48.3 Å². The lowest BCUT2D eigenvalue weighted by atomic mass is 10.1. The average molecular weight is 1460 g/mol. The van der Waals surface area contributed by atoms with Crippen molar-refractivity contribution >= 4 is 68.3 Å². The van der Waals surface area contributed by atoms with Gasteiger partial charge in [-0.3, -0.25) is 24.4 Å². The van der Waals surface area contributed by atoms with Gasteiger partial charge in [0.1, 0.15) is 84.9 Å². The minimum Gasteiger partial charge on any atom is -0.493 e. The molecule has 3 atom stereocenters. The molecular weight excluding hydrogens is 1380 g/mol. The van der Waals surface area contributed by atoms with Crippen LogP contribution in [-0.4, -0.2) is 155 Å². The number of benzene rings is 4. The summed E-state index contributed by atoms with van der Waals surface area (Å²) in [6.45, 7) is 17.4. The summed E-state index contributed by atoms with van der Waals surface area (Å²) >= 11 is 0. The lowest BCUT2D eigenvalue weighted by molar-refractivity contribution is -0.128. The Hall–Kier alpha value is -13.2. The van der Waals surface area contributed by atoms with Gasteiger partial charge in [-0.1, -0.05) is 44.0 Å². The van der Waals surface area contributed by atoms with Crippen molar-refractivity contribution in [3.05, 3.63) is 213 Å². The van der Waals surface area contributed by atoms with Crippen molar-refractivity contribution < 1.29 is 42.5 Å². The highest BCUT2D eigenvalue weighted by atomic mass is 19.1. The molecule has 108 heavy (non-hydrogen) atoms. The summed E-state index contributed by atoms with van der Waals surface area (Å²) in [4.78, 5) is 76.8. The Labute approximate surface area is 621 Å². The fraction of sp³-hybridized carbons (Fsp3) is 0.266. The topological polar surface area (TPSA) is 342 Å². The number of halogens is 1. The number of hydrogen-bond acceptors (Lipinski definition) is 22. The third kappa shape index (κ3) is 16.0. The third-order valence-corrected chi connectivity index (χ3v) is 19.0. The molecule has 0 spiro atoms. The van der Waals surface area contributed by atoms with E-state index in [1.165, 1.54) is 49.3 Å². The van der Waals surface area contributed by atoms with Gasteiger partial charge in [0, 0.05) is 68.4 Å². The first-order valence-electron chi connectivity index (χ1n) is 35.2. The van der Waals surface area contributed by atoms with Crippen LogP contribution in [0.4, 0.5) is 21.8 Å². The highest BCUT2D eigenvalue weighted by Crippen LogP contribution is 2.42. The summed E-state index contributed by atoms with van der Waals surface area (Å²) in [6.07, 6.45) is 17.0. The average Bonchev–Trinajstić information content (AvgIpc) is 1.62. The van der Waals surface area contributed by atoms with E-state index in [4.69, 9.17) is 56.2 Å². The number of amides is 3. The predicted molar refractivity (Wildman–Crippen MR) is 406 cm³/mol. The van der Waals surface area contributed by atoms with Crippen molar-refractivity contribution in [1.82, 2.24) is 83.9 Å². The number of pyridine rings is 2. The molecular formula is C79H81FN20O8. The number of carbonyl (C=O) groups excluding carboxylic acids is 3. The molecule has 0 unspecified atom stereocenters. The Bertz CT molecular complexity index is 5290. The monoisotopic (exact) mass is 1460 g/mol. The van der Waals surface area contributed by atoms with Gasteiger partial charge < -0.3 is 55.6 Å². The molecule has 552 valence electrons. The summed E-state index contributed by atoms with van der Waals surface area (Å²) in [5.74, 6) is 3.37. The Morgan fingerprint density at radius 1 is 0.463 bits per heavy atom. The number of methoxy groups -OCH3 is 2. The van der Waals surface area contributed by atoms with Crippen LogP contribution in [0.25, 0.3) is 66.9 Å². The van der Waals surface area contributed by atoms with E-state index in [9.17, 15) is 18.8 Å². The van der Waals surface area contributed by atoms with Crippen molar-refractivity contribution in [3.63, 3.8) is 0 Å². The quantitative estimate of drug-likeness (QED) is 0.0597. The maximum absolute atomic E-state index is 13.5. The fourth-order valence-corrected chi connectivity index (χ4v) is 13.7. The van der Waals surface area contributed by atoms with E-state index < -0.39 is 0 Å². The summed E-state index contributed by atoms with van der Waals surface area (Å²) in [5.41, 5.74) is 28.5. The number of aromatic nitrogens is 14. The molecule has 0 aliphatic carbocycles. The minimum absolute atomic E-state index is 0.0136. The number of rotatable bonds is 20. The van der Waals surface area contributed by atoms with Crippen molar-refractivity contribution in [2.24, 2.45) is 0 Å². The summed E-state index contributed by atoms with van der Waals surface area (Å²) < 4.78 is 48.2. The number of nitrogens with zero attached hydrogens (tertiary/aromatic N) is 17. The largest absolute Gasteiger partial charge is 0.493 e. The number of piperidine rings is 3. The fourth-order valence-electron chi connectivity index (χ4n) is 13.7. The van der Waals surface area contributed by atoms with Crippen LogP contribution < -0.4 is 40.9 Å². The van der Waals surface area contributed by atoms with Crippen molar-refractivity contribution in [3.8, 4) is 62.5 Å². The number of likely N-dealkylation sites (tertiary alicyclic amines) is 3. The molecule has 0 bridgehead atoms. The zero-order valence-electron chi connectivity index (χ0n) is 60.0. The molecule has 3 amide bonds. The molecule has 15 rings (SSSR count). The molecule has 12 aromatic rings. The molecule has 28 nitrogen and oxygen atoms in total. The Morgan fingerprint density at radius 3 is 1.22 bits per heavy atom. The predicted octanol–water partition coefficient (Wildman–Crippen LogP) is 11.3. The van der Waals surface area contributed by atoms with E-state index in [0.717, 1.165) is 77.9 Å². The van der Waals surface area contributed by atoms with Gasteiger partial charge >= 0.3 is 0 Å². The van der Waals surface area contributed by atoms with E-state index >= 15 is 0 Å². The van der Waals surface area contributed by atoms with E-state index in [1.54, 1.807) is 59.5 Å². The zero-order chi connectivity index (χ0) is 75.4. The van der Waals surface area contributed by atoms with Crippen LogP contribution in [-0.2, 0) is 34.2 Å². The van der Waals surface area contributed by atoms with Gasteiger partial charge in [0.2, 0.25) is 17.7 Å². The first-order valence-corrected chi connectivity index (χ1v) is 35.2. The maximum Gasteiger partial charge on any atom is 0.246 e. The smallest absolute Gasteiger partial charge is 0.246 e. The lowest BCUT2D eigenvalue weighted by Gasteiger charge is -2.32. The van der Waals surface area contributed by atoms with Crippen molar-refractivity contribution in [1.29, 1.82) is 0 Å². The third-order valence-electron chi connectivity index (χ3n) is 19.0. The van der Waals surface area contributed by atoms with Gasteiger partial charge in [-0.15, -0.1) is 0 Å². The Balaban J connectivity index is 0.000000143. The minimum atomic E-state index is -0.319. The highest BCUT2D eigenvalue weighted by Gasteiger charge is 2.32. The second-order valence-electron chi connectivity index (χ2n) is 26.0. The second kappa shape index (κ2) is 33.3. The van der Waals surface area contributed by atoms with Gasteiger partial charge in [0.25, 0.3) is 0 Å². The van der Waals surface area contributed by atoms with Crippen LogP contribution in [0, 0.1) is 12.7 Å². The summed E-state index contributed by atoms with van der Waals surface area (Å²) in [6, 6.07) is 34.5. The number of nitrogen functional groups attached to an aromatic ring is 3. The number of ether oxygens (including phenoxy) is 5. The van der Waals surface area contributed by atoms with Crippen LogP contribution in [0.2, 0.25) is 0 Å². The van der Waals surface area contributed by atoms with E-state index in [1.807, 2.05) is 106 Å². The van der Waals surface area contributed by atoms with Gasteiger partial charge in [0.15, 0.2) is 39.9 Å². The number of fused-ring (bicyclic) bond motifs is 3. The van der Waals surface area contributed by atoms with E-state index in [2.05, 4.69) is 59.6 Å². The first kappa shape index (κ1) is 73.1. The molecule has 4 aromatic carbocycles. The van der Waals surface area contributed by atoms with Crippen LogP contribution in [0.3, 0.4) is 0 Å². The Kier molecular flexibility index (Phi) is 22.5. The van der Waals surface area contributed by atoms with Gasteiger partial charge in [-0.05, 0) is 166 Å². The van der Waals surface area contributed by atoms with Crippen LogP contribution in [0.1, 0.15) is 79.2 Å². The van der Waals surface area contributed by atoms with Gasteiger partial charge in [-0.25, -0.2) is 48.3 Å². The van der Waals surface area contributed by atoms with Crippen LogP contribution >= 0.6 is 0 Å². The standard InChI is InChI=1S/C27H27FN6O3.C26H27N7O3.C26H27N7O2/c1-3-23(35)33-11-5-8-20(14-33)34-27-24(26(29)30-16-31-27)25(32-34)18-9-10-21(22(13-18)36-2)37-15-17-6-4-7-19(28)12-17;1-3-22(34)32-12-6-8-19(14-32)33-26-23(25(27)29-16-30-26)24(31-33)17-9-10-20(21(13-17)35-2)36-15-18-7-4-5-11-28-18;1-3-22(34)32-12-6-8-20(14-32)33-26-23(25(27)29-16-30-26)24(31-33)18-9-10-21(17(2)13-18)35-15-19-7-4-5-11-28-19/h3-4,6-7,9-10,12-13,16,20H,1,5,8,11,14-15H2,2H3,(H2,29,30,31);3-5,7,9-11,13,16,19H,1,6,8,12,14-15H2,2H3,(H2,27,29,30);3-5,7,9-11,13,16,20H,1,6,8,12,14-15H2,2H3,(H2,27,29,30)/t20-;19-;20-/m111/s1. The molecule has 11 heterocycles. The van der Waals surface area contributed by atoms with Crippen molar-refractivity contribution in [2.75, 3.05) is 70.7 Å². The maximum atomic E-state index is 13.5. The molecule has 3 aliphatic heterocycles. The molecule has 3 aliphatic rings. The molecule has 6 N–H and O–H groups in total. The normalized spacial score (nSPS) is 15.6. The summed E-state index contributed by atoms with van der Waals surface area (Å²) in [5, 5.41) is 16.8. The van der Waals surface area contributed by atoms with Gasteiger partial charge in [0.05, 0.1) is 59.9 Å². The molecule has 0 saturated carbocycles. The number of nitrogens with two attached hydrogens (primary N) is 3. The zero-order valence-corrected chi connectivity index (χ0v) is 60.0. The molecule has 0 radical (unpaired) electrons. The lowest BCUT2D eigenvalue weighted by Crippen LogP contribution is -2.40. The molecule has 3 saturated heterocycles.